The maximum absolute atomic E-state index is 11.0. The van der Waals surface area contributed by atoms with Gasteiger partial charge in [-0.15, -0.1) is 0 Å². The van der Waals surface area contributed by atoms with E-state index >= 15 is 0 Å². The molecule has 0 radical (unpaired) electrons. The largest absolute Gasteiger partial charge is 0.469 e. The van der Waals surface area contributed by atoms with Crippen LogP contribution in [0.4, 0.5) is 0 Å². The van der Waals surface area contributed by atoms with Crippen LogP contribution in [0.25, 0.3) is 0 Å². The fourth-order valence-corrected chi connectivity index (χ4v) is 1.57. The predicted molar refractivity (Wildman–Crippen MR) is 65.2 cm³/mol. The van der Waals surface area contributed by atoms with Crippen molar-refractivity contribution < 1.29 is 9.53 Å². The van der Waals surface area contributed by atoms with Gasteiger partial charge in [0.2, 0.25) is 0 Å². The molecule has 0 fully saturated rings. The van der Waals surface area contributed by atoms with E-state index in [4.69, 9.17) is 5.73 Å². The molecule has 1 aromatic heterocycles. The first kappa shape index (κ1) is 13.7. The summed E-state index contributed by atoms with van der Waals surface area (Å²) in [6.07, 6.45) is 2.81. The van der Waals surface area contributed by atoms with Crippen molar-refractivity contribution in [2.45, 2.75) is 39.3 Å². The monoisotopic (exact) mass is 239 g/mol. The molecule has 17 heavy (non-hydrogen) atoms. The number of methoxy groups -OCH3 is 1. The second-order valence-electron chi connectivity index (χ2n) is 4.58. The number of aromatic nitrogens is 2. The number of ether oxygens (including phenoxy) is 1. The molecule has 0 aliphatic rings. The number of esters is 1. The lowest BCUT2D eigenvalue weighted by atomic mass is 10.1. The first-order valence-corrected chi connectivity index (χ1v) is 5.88. The zero-order chi connectivity index (χ0) is 12.8. The standard InChI is InChI=1S/C12H21N3O2/c1-9(2)8-15-7-6-11(14-15)10(13)4-5-12(16)17-3/h6-7,9-10H,4-5,8,13H2,1-3H3. The molecule has 0 aliphatic carbocycles. The molecule has 0 aliphatic heterocycles. The first-order chi connectivity index (χ1) is 8.02. The topological polar surface area (TPSA) is 70.1 Å². The van der Waals surface area contributed by atoms with E-state index in [9.17, 15) is 4.79 Å². The van der Waals surface area contributed by atoms with Gasteiger partial charge in [-0.3, -0.25) is 9.48 Å². The van der Waals surface area contributed by atoms with Crippen LogP contribution in [0.5, 0.6) is 0 Å². The van der Waals surface area contributed by atoms with Crippen molar-refractivity contribution in [3.63, 3.8) is 0 Å². The average molecular weight is 239 g/mol. The number of hydrogen-bond acceptors (Lipinski definition) is 4. The highest BCUT2D eigenvalue weighted by molar-refractivity contribution is 5.69. The molecular formula is C12H21N3O2. The van der Waals surface area contributed by atoms with Crippen LogP contribution in [0, 0.1) is 5.92 Å². The highest BCUT2D eigenvalue weighted by Gasteiger charge is 2.12. The Kier molecular flexibility index (Phi) is 5.15. The van der Waals surface area contributed by atoms with Crippen LogP contribution in [0.3, 0.4) is 0 Å². The van der Waals surface area contributed by atoms with Gasteiger partial charge >= 0.3 is 5.97 Å². The van der Waals surface area contributed by atoms with Crippen LogP contribution < -0.4 is 5.73 Å². The van der Waals surface area contributed by atoms with E-state index in [2.05, 4.69) is 23.7 Å². The van der Waals surface area contributed by atoms with Crippen molar-refractivity contribution in [1.29, 1.82) is 0 Å². The Morgan fingerprint density at radius 1 is 1.59 bits per heavy atom. The van der Waals surface area contributed by atoms with E-state index in [1.54, 1.807) is 0 Å². The van der Waals surface area contributed by atoms with Crippen LogP contribution in [-0.4, -0.2) is 22.9 Å². The van der Waals surface area contributed by atoms with Crippen molar-refractivity contribution in [2.24, 2.45) is 11.7 Å². The summed E-state index contributed by atoms with van der Waals surface area (Å²) in [4.78, 5) is 11.0. The summed E-state index contributed by atoms with van der Waals surface area (Å²) >= 11 is 0. The van der Waals surface area contributed by atoms with Gasteiger partial charge in [0.05, 0.1) is 12.8 Å². The van der Waals surface area contributed by atoms with Gasteiger partial charge in [0.25, 0.3) is 0 Å². The Morgan fingerprint density at radius 3 is 2.88 bits per heavy atom. The van der Waals surface area contributed by atoms with E-state index in [-0.39, 0.29) is 12.0 Å². The molecular weight excluding hydrogens is 218 g/mol. The molecule has 2 N–H and O–H groups in total. The maximum atomic E-state index is 11.0. The van der Waals surface area contributed by atoms with Gasteiger partial charge in [-0.05, 0) is 18.4 Å². The highest BCUT2D eigenvalue weighted by atomic mass is 16.5. The van der Waals surface area contributed by atoms with Crippen LogP contribution in [0.1, 0.15) is 38.4 Å². The molecule has 5 heteroatoms. The minimum absolute atomic E-state index is 0.206. The van der Waals surface area contributed by atoms with Crippen LogP contribution in [0.15, 0.2) is 12.3 Å². The van der Waals surface area contributed by atoms with Crippen molar-refractivity contribution in [2.75, 3.05) is 7.11 Å². The SMILES string of the molecule is COC(=O)CCC(N)c1ccn(CC(C)C)n1. The van der Waals surface area contributed by atoms with Crippen LogP contribution in [-0.2, 0) is 16.1 Å². The van der Waals surface area contributed by atoms with Gasteiger partial charge in [-0.2, -0.15) is 5.10 Å². The first-order valence-electron chi connectivity index (χ1n) is 5.88. The Morgan fingerprint density at radius 2 is 2.29 bits per heavy atom. The summed E-state index contributed by atoms with van der Waals surface area (Å²) in [5, 5.41) is 4.39. The Hall–Kier alpha value is -1.36. The van der Waals surface area contributed by atoms with Gasteiger partial charge in [0, 0.05) is 25.2 Å². The number of nitrogens with two attached hydrogens (primary N) is 1. The summed E-state index contributed by atoms with van der Waals surface area (Å²) in [6, 6.07) is 1.70. The highest BCUT2D eigenvalue weighted by Crippen LogP contribution is 2.14. The smallest absolute Gasteiger partial charge is 0.305 e. The molecule has 0 saturated carbocycles. The quantitative estimate of drug-likeness (QED) is 0.764. The minimum Gasteiger partial charge on any atom is -0.469 e. The van der Waals surface area contributed by atoms with Gasteiger partial charge in [0.15, 0.2) is 0 Å². The molecule has 0 spiro atoms. The van der Waals surface area contributed by atoms with Gasteiger partial charge in [-0.1, -0.05) is 13.8 Å². The third-order valence-electron chi connectivity index (χ3n) is 2.48. The third-order valence-corrected chi connectivity index (χ3v) is 2.48. The lowest BCUT2D eigenvalue weighted by molar-refractivity contribution is -0.140. The molecule has 0 amide bonds. The van der Waals surface area contributed by atoms with Gasteiger partial charge in [-0.25, -0.2) is 0 Å². The number of rotatable bonds is 6. The lowest BCUT2D eigenvalue weighted by Gasteiger charge is -2.08. The minimum atomic E-state index is -0.234. The number of nitrogens with zero attached hydrogens (tertiary/aromatic N) is 2. The second-order valence-corrected chi connectivity index (χ2v) is 4.58. The van der Waals surface area contributed by atoms with E-state index < -0.39 is 0 Å². The molecule has 0 bridgehead atoms. The number of carbonyl (C=O) groups is 1. The van der Waals surface area contributed by atoms with Crippen molar-refractivity contribution in [3.05, 3.63) is 18.0 Å². The fraction of sp³-hybridized carbons (Fsp3) is 0.667. The maximum Gasteiger partial charge on any atom is 0.305 e. The molecule has 0 aromatic carbocycles. The van der Waals surface area contributed by atoms with Gasteiger partial charge in [0.1, 0.15) is 0 Å². The Balaban J connectivity index is 2.48. The zero-order valence-electron chi connectivity index (χ0n) is 10.7. The van der Waals surface area contributed by atoms with Crippen molar-refractivity contribution in [3.8, 4) is 0 Å². The molecule has 96 valence electrons. The fourth-order valence-electron chi connectivity index (χ4n) is 1.57. The molecule has 0 saturated heterocycles. The molecule has 1 rings (SSSR count). The van der Waals surface area contributed by atoms with Gasteiger partial charge < -0.3 is 10.5 Å². The summed E-state index contributed by atoms with van der Waals surface area (Å²) < 4.78 is 6.46. The molecule has 1 heterocycles. The Labute approximate surface area is 102 Å². The summed E-state index contributed by atoms with van der Waals surface area (Å²) in [5.41, 5.74) is 6.79. The normalized spacial score (nSPS) is 12.8. The summed E-state index contributed by atoms with van der Waals surface area (Å²) in [5.74, 6) is 0.316. The average Bonchev–Trinajstić information content (AvgIpc) is 2.72. The zero-order valence-corrected chi connectivity index (χ0v) is 10.7. The lowest BCUT2D eigenvalue weighted by Crippen LogP contribution is -2.14. The van der Waals surface area contributed by atoms with E-state index in [0.29, 0.717) is 18.8 Å². The van der Waals surface area contributed by atoms with E-state index in [0.717, 1.165) is 12.2 Å². The number of carbonyl (C=O) groups excluding carboxylic acids is 1. The molecule has 5 nitrogen and oxygen atoms in total. The third kappa shape index (κ3) is 4.56. The summed E-state index contributed by atoms with van der Waals surface area (Å²) in [7, 11) is 1.38. The van der Waals surface area contributed by atoms with Crippen molar-refractivity contribution >= 4 is 5.97 Å². The molecule has 1 atom stereocenters. The van der Waals surface area contributed by atoms with Crippen LogP contribution in [0.2, 0.25) is 0 Å². The molecule has 1 aromatic rings. The predicted octanol–water partition coefficient (Wildman–Crippen LogP) is 1.49. The van der Waals surface area contributed by atoms with E-state index in [1.165, 1.54) is 7.11 Å². The second kappa shape index (κ2) is 6.39. The van der Waals surface area contributed by atoms with E-state index in [1.807, 2.05) is 16.9 Å². The molecule has 1 unspecified atom stereocenters. The number of hydrogen-bond donors (Lipinski definition) is 1. The summed E-state index contributed by atoms with van der Waals surface area (Å²) in [6.45, 7) is 5.15. The van der Waals surface area contributed by atoms with Crippen molar-refractivity contribution in [1.82, 2.24) is 9.78 Å². The van der Waals surface area contributed by atoms with Crippen LogP contribution >= 0.6 is 0 Å². The Bertz CT molecular complexity index is 360.